The maximum absolute atomic E-state index is 12.4. The maximum Gasteiger partial charge on any atom is 0.257 e. The Labute approximate surface area is 149 Å². The summed E-state index contributed by atoms with van der Waals surface area (Å²) in [7, 11) is 0. The highest BCUT2D eigenvalue weighted by molar-refractivity contribution is 9.10. The van der Waals surface area contributed by atoms with Crippen LogP contribution in [0.4, 0.5) is 17.1 Å². The Balaban J connectivity index is 1.75. The Bertz CT molecular complexity index is 865. The normalized spacial score (nSPS) is 10.2. The van der Waals surface area contributed by atoms with Crippen molar-refractivity contribution in [1.29, 1.82) is 0 Å². The van der Waals surface area contributed by atoms with Gasteiger partial charge in [-0.15, -0.1) is 0 Å². The first-order valence-electron chi connectivity index (χ1n) is 7.46. The lowest BCUT2D eigenvalue weighted by Crippen LogP contribution is -2.12. The van der Waals surface area contributed by atoms with Gasteiger partial charge >= 0.3 is 0 Å². The zero-order chi connectivity index (χ0) is 16.9. The number of carbonyl (C=O) groups is 1. The first kappa shape index (κ1) is 16.2. The molecule has 0 saturated carbocycles. The number of aryl methyl sites for hydroxylation is 1. The van der Waals surface area contributed by atoms with Gasteiger partial charge in [0, 0.05) is 22.0 Å². The summed E-state index contributed by atoms with van der Waals surface area (Å²) >= 11 is 3.45. The third-order valence-electron chi connectivity index (χ3n) is 3.48. The van der Waals surface area contributed by atoms with Crippen molar-refractivity contribution < 1.29 is 4.79 Å². The van der Waals surface area contributed by atoms with Crippen LogP contribution in [0.2, 0.25) is 0 Å². The minimum atomic E-state index is -0.194. The number of anilines is 3. The average Bonchev–Trinajstić information content (AvgIpc) is 2.59. The lowest BCUT2D eigenvalue weighted by Gasteiger charge is -2.09. The predicted molar refractivity (Wildman–Crippen MR) is 101 cm³/mol. The molecule has 1 aromatic heterocycles. The van der Waals surface area contributed by atoms with Crippen molar-refractivity contribution in [2.45, 2.75) is 6.92 Å². The maximum atomic E-state index is 12.4. The zero-order valence-electron chi connectivity index (χ0n) is 13.1. The summed E-state index contributed by atoms with van der Waals surface area (Å²) in [5, 5.41) is 6.12. The van der Waals surface area contributed by atoms with Gasteiger partial charge in [-0.1, -0.05) is 34.1 Å². The first-order valence-corrected chi connectivity index (χ1v) is 8.26. The van der Waals surface area contributed by atoms with E-state index in [1.165, 1.54) is 0 Å². The van der Waals surface area contributed by atoms with Crippen LogP contribution in [0, 0.1) is 6.92 Å². The molecule has 0 saturated heterocycles. The van der Waals surface area contributed by atoms with Crippen LogP contribution in [0.1, 0.15) is 15.9 Å². The summed E-state index contributed by atoms with van der Waals surface area (Å²) in [5.74, 6) is -0.194. The quantitative estimate of drug-likeness (QED) is 0.656. The van der Waals surface area contributed by atoms with E-state index >= 15 is 0 Å². The molecule has 0 radical (unpaired) electrons. The second-order valence-electron chi connectivity index (χ2n) is 5.37. The first-order chi connectivity index (χ1) is 11.6. The van der Waals surface area contributed by atoms with Gasteiger partial charge in [0.1, 0.15) is 0 Å². The highest BCUT2D eigenvalue weighted by Gasteiger charge is 2.08. The summed E-state index contributed by atoms with van der Waals surface area (Å²) in [5.41, 5.74) is 4.02. The number of nitrogens with zero attached hydrogens (tertiary/aromatic N) is 1. The predicted octanol–water partition coefficient (Wildman–Crippen LogP) is 5.15. The highest BCUT2D eigenvalue weighted by atomic mass is 79.9. The van der Waals surface area contributed by atoms with Crippen LogP contribution in [0.3, 0.4) is 0 Å². The van der Waals surface area contributed by atoms with Gasteiger partial charge in [-0.25, -0.2) is 0 Å². The summed E-state index contributed by atoms with van der Waals surface area (Å²) in [6.45, 7) is 1.98. The number of halogens is 1. The van der Waals surface area contributed by atoms with Crippen molar-refractivity contribution in [2.75, 3.05) is 10.6 Å². The molecule has 120 valence electrons. The van der Waals surface area contributed by atoms with Gasteiger partial charge in [-0.2, -0.15) is 0 Å². The summed E-state index contributed by atoms with van der Waals surface area (Å²) in [4.78, 5) is 16.6. The van der Waals surface area contributed by atoms with E-state index in [0.29, 0.717) is 5.56 Å². The van der Waals surface area contributed by atoms with E-state index in [-0.39, 0.29) is 5.91 Å². The van der Waals surface area contributed by atoms with E-state index in [4.69, 9.17) is 0 Å². The Morgan fingerprint density at radius 3 is 2.50 bits per heavy atom. The van der Waals surface area contributed by atoms with Crippen LogP contribution < -0.4 is 10.6 Å². The van der Waals surface area contributed by atoms with Crippen LogP contribution in [0.15, 0.2) is 71.5 Å². The standard InChI is InChI=1S/C19H16BrN3O/c1-13-9-16(7-8-18(13)20)23-19(24)14-10-17(12-21-11-14)22-15-5-3-2-4-6-15/h2-12,22H,1H3,(H,23,24). The van der Waals surface area contributed by atoms with Gasteiger partial charge in [0.15, 0.2) is 0 Å². The van der Waals surface area contributed by atoms with Crippen molar-refractivity contribution in [3.05, 3.63) is 82.6 Å². The molecule has 1 heterocycles. The zero-order valence-corrected chi connectivity index (χ0v) is 14.7. The summed E-state index contributed by atoms with van der Waals surface area (Å²) in [6, 6.07) is 17.2. The fourth-order valence-electron chi connectivity index (χ4n) is 2.25. The number of para-hydroxylation sites is 1. The highest BCUT2D eigenvalue weighted by Crippen LogP contribution is 2.21. The third kappa shape index (κ3) is 4.00. The van der Waals surface area contributed by atoms with E-state index in [2.05, 4.69) is 31.5 Å². The molecule has 3 aromatic rings. The van der Waals surface area contributed by atoms with Gasteiger partial charge in [0.25, 0.3) is 5.91 Å². The lowest BCUT2D eigenvalue weighted by atomic mass is 10.2. The molecule has 0 aliphatic carbocycles. The van der Waals surface area contributed by atoms with Gasteiger partial charge < -0.3 is 10.6 Å². The molecule has 0 aliphatic heterocycles. The smallest absolute Gasteiger partial charge is 0.257 e. The molecule has 0 spiro atoms. The molecule has 0 unspecified atom stereocenters. The number of hydrogen-bond donors (Lipinski definition) is 2. The number of aromatic nitrogens is 1. The van der Waals surface area contributed by atoms with Crippen LogP contribution in [-0.2, 0) is 0 Å². The molecule has 3 rings (SSSR count). The molecular formula is C19H16BrN3O. The van der Waals surface area contributed by atoms with Crippen LogP contribution >= 0.6 is 15.9 Å². The molecule has 0 fully saturated rings. The molecule has 1 amide bonds. The molecule has 0 bridgehead atoms. The molecular weight excluding hydrogens is 366 g/mol. The second kappa shape index (κ2) is 7.27. The molecule has 4 nitrogen and oxygen atoms in total. The Morgan fingerprint density at radius 2 is 1.75 bits per heavy atom. The van der Waals surface area contributed by atoms with E-state index in [9.17, 15) is 4.79 Å². The number of benzene rings is 2. The molecule has 5 heteroatoms. The van der Waals surface area contributed by atoms with Crippen LogP contribution in [0.25, 0.3) is 0 Å². The molecule has 0 aliphatic rings. The largest absolute Gasteiger partial charge is 0.354 e. The number of nitrogens with one attached hydrogen (secondary N) is 2. The van der Waals surface area contributed by atoms with Crippen molar-refractivity contribution in [3.8, 4) is 0 Å². The molecule has 24 heavy (non-hydrogen) atoms. The Morgan fingerprint density at radius 1 is 0.958 bits per heavy atom. The van der Waals surface area contributed by atoms with Gasteiger partial charge in [-0.05, 0) is 48.9 Å². The number of amides is 1. The number of rotatable bonds is 4. The van der Waals surface area contributed by atoms with Gasteiger partial charge in [-0.3, -0.25) is 9.78 Å². The second-order valence-corrected chi connectivity index (χ2v) is 6.23. The number of pyridine rings is 1. The molecule has 2 aromatic carbocycles. The summed E-state index contributed by atoms with van der Waals surface area (Å²) < 4.78 is 1.01. The monoisotopic (exact) mass is 381 g/mol. The topological polar surface area (TPSA) is 54.0 Å². The van der Waals surface area contributed by atoms with E-state index in [1.54, 1.807) is 18.5 Å². The summed E-state index contributed by atoms with van der Waals surface area (Å²) in [6.07, 6.45) is 3.24. The fraction of sp³-hybridized carbons (Fsp3) is 0.0526. The lowest BCUT2D eigenvalue weighted by molar-refractivity contribution is 0.102. The molecule has 0 atom stereocenters. The Hall–Kier alpha value is -2.66. The van der Waals surface area contributed by atoms with Crippen LogP contribution in [-0.4, -0.2) is 10.9 Å². The van der Waals surface area contributed by atoms with Crippen molar-refractivity contribution in [3.63, 3.8) is 0 Å². The van der Waals surface area contributed by atoms with Gasteiger partial charge in [0.2, 0.25) is 0 Å². The number of carbonyl (C=O) groups excluding carboxylic acids is 1. The number of hydrogen-bond acceptors (Lipinski definition) is 3. The van der Waals surface area contributed by atoms with Gasteiger partial charge in [0.05, 0.1) is 17.4 Å². The minimum absolute atomic E-state index is 0.194. The minimum Gasteiger partial charge on any atom is -0.354 e. The average molecular weight is 382 g/mol. The van der Waals surface area contributed by atoms with Crippen molar-refractivity contribution in [2.24, 2.45) is 0 Å². The van der Waals surface area contributed by atoms with Crippen molar-refractivity contribution >= 4 is 38.9 Å². The van der Waals surface area contributed by atoms with Crippen LogP contribution in [0.5, 0.6) is 0 Å². The SMILES string of the molecule is Cc1cc(NC(=O)c2cncc(Nc3ccccc3)c2)ccc1Br. The third-order valence-corrected chi connectivity index (χ3v) is 4.37. The molecule has 2 N–H and O–H groups in total. The fourth-order valence-corrected chi connectivity index (χ4v) is 2.49. The van der Waals surface area contributed by atoms with E-state index in [0.717, 1.165) is 27.1 Å². The van der Waals surface area contributed by atoms with E-state index < -0.39 is 0 Å². The Kier molecular flexibility index (Phi) is 4.91. The van der Waals surface area contributed by atoms with Crippen molar-refractivity contribution in [1.82, 2.24) is 4.98 Å². The van der Waals surface area contributed by atoms with E-state index in [1.807, 2.05) is 55.5 Å².